The molecule has 0 saturated carbocycles. The van der Waals surface area contributed by atoms with Crippen LogP contribution in [0.3, 0.4) is 0 Å². The number of rotatable bonds is 6. The number of hydrogen-bond donors (Lipinski definition) is 1. The number of nitrogens with one attached hydrogen (secondary N) is 1. The minimum atomic E-state index is -0.345. The molecule has 0 atom stereocenters. The molecule has 0 unspecified atom stereocenters. The lowest BCUT2D eigenvalue weighted by Crippen LogP contribution is -2.44. The number of carbonyl (C=O) groups excluding carboxylic acids is 1. The molecular formula is C17H22ClNO. The van der Waals surface area contributed by atoms with Crippen LogP contribution >= 0.6 is 11.6 Å². The van der Waals surface area contributed by atoms with Gasteiger partial charge in [-0.15, -0.1) is 0 Å². The predicted octanol–water partition coefficient (Wildman–Crippen LogP) is 4.60. The van der Waals surface area contributed by atoms with E-state index in [1.165, 1.54) is 0 Å². The Bertz CT molecular complexity index is 484. The van der Waals surface area contributed by atoms with Crippen molar-refractivity contribution >= 4 is 17.5 Å². The standard InChI is InChI=1S/C17H22ClNO/c1-4-7-8-9-16(20)19-17(5-2,6-3)14-10-12-15(18)13-11-14/h4,7-13H,5-6H2,1-3H3,(H,19,20)/b7-4+,9-8+. The molecule has 0 radical (unpaired) electrons. The van der Waals surface area contributed by atoms with Gasteiger partial charge in [-0.1, -0.05) is 55.8 Å². The second kappa shape index (κ2) is 7.91. The monoisotopic (exact) mass is 291 g/mol. The number of hydrogen-bond acceptors (Lipinski definition) is 1. The largest absolute Gasteiger partial charge is 0.343 e. The van der Waals surface area contributed by atoms with Gasteiger partial charge >= 0.3 is 0 Å². The van der Waals surface area contributed by atoms with Crippen molar-refractivity contribution < 1.29 is 4.79 Å². The molecule has 0 aliphatic heterocycles. The summed E-state index contributed by atoms with van der Waals surface area (Å²) in [4.78, 5) is 12.0. The fourth-order valence-electron chi connectivity index (χ4n) is 2.21. The first-order chi connectivity index (χ1) is 9.57. The number of benzene rings is 1. The Hall–Kier alpha value is -1.54. The van der Waals surface area contributed by atoms with E-state index in [4.69, 9.17) is 11.6 Å². The normalized spacial score (nSPS) is 12.2. The van der Waals surface area contributed by atoms with E-state index in [0.29, 0.717) is 5.02 Å². The maximum atomic E-state index is 12.0. The molecule has 20 heavy (non-hydrogen) atoms. The number of carbonyl (C=O) groups is 1. The third-order valence-electron chi connectivity index (χ3n) is 3.52. The van der Waals surface area contributed by atoms with Gasteiger partial charge in [-0.2, -0.15) is 0 Å². The zero-order valence-corrected chi connectivity index (χ0v) is 13.1. The summed E-state index contributed by atoms with van der Waals surface area (Å²) in [5.41, 5.74) is 0.738. The van der Waals surface area contributed by atoms with E-state index < -0.39 is 0 Å². The maximum Gasteiger partial charge on any atom is 0.244 e. The Morgan fingerprint density at radius 2 is 1.80 bits per heavy atom. The number of amides is 1. The van der Waals surface area contributed by atoms with Crippen molar-refractivity contribution in [1.82, 2.24) is 5.32 Å². The van der Waals surface area contributed by atoms with Crippen LogP contribution in [0.15, 0.2) is 48.6 Å². The molecule has 0 fully saturated rings. The van der Waals surface area contributed by atoms with Gasteiger partial charge in [0.2, 0.25) is 5.91 Å². The Balaban J connectivity index is 2.97. The Morgan fingerprint density at radius 1 is 1.20 bits per heavy atom. The lowest BCUT2D eigenvalue weighted by Gasteiger charge is -2.33. The first kappa shape index (κ1) is 16.5. The van der Waals surface area contributed by atoms with Crippen LogP contribution in [0.1, 0.15) is 39.2 Å². The van der Waals surface area contributed by atoms with Crippen molar-refractivity contribution in [2.75, 3.05) is 0 Å². The van der Waals surface area contributed by atoms with E-state index in [1.54, 1.807) is 12.2 Å². The van der Waals surface area contributed by atoms with E-state index in [9.17, 15) is 4.79 Å². The molecule has 1 amide bonds. The van der Waals surface area contributed by atoms with Crippen LogP contribution in [0.4, 0.5) is 0 Å². The Labute approximate surface area is 126 Å². The van der Waals surface area contributed by atoms with Crippen LogP contribution in [-0.2, 0) is 10.3 Å². The van der Waals surface area contributed by atoms with Gasteiger partial charge in [0.25, 0.3) is 0 Å². The average Bonchev–Trinajstić information content (AvgIpc) is 2.46. The predicted molar refractivity (Wildman–Crippen MR) is 85.8 cm³/mol. The molecule has 0 spiro atoms. The summed E-state index contributed by atoms with van der Waals surface area (Å²) in [6.45, 7) is 6.07. The average molecular weight is 292 g/mol. The molecule has 1 aromatic carbocycles. The topological polar surface area (TPSA) is 29.1 Å². The highest BCUT2D eigenvalue weighted by Crippen LogP contribution is 2.29. The highest BCUT2D eigenvalue weighted by Gasteiger charge is 2.29. The summed E-state index contributed by atoms with van der Waals surface area (Å²) in [6, 6.07) is 7.67. The summed E-state index contributed by atoms with van der Waals surface area (Å²) >= 11 is 5.93. The Morgan fingerprint density at radius 3 is 2.30 bits per heavy atom. The van der Waals surface area contributed by atoms with Crippen LogP contribution in [0.2, 0.25) is 5.02 Å². The molecule has 0 aliphatic rings. The quantitative estimate of drug-likeness (QED) is 0.602. The van der Waals surface area contributed by atoms with Gasteiger partial charge in [-0.05, 0) is 37.5 Å². The zero-order valence-electron chi connectivity index (χ0n) is 12.3. The lowest BCUT2D eigenvalue weighted by molar-refractivity contribution is -0.118. The number of allylic oxidation sites excluding steroid dienone is 3. The molecular weight excluding hydrogens is 270 g/mol. The van der Waals surface area contributed by atoms with Gasteiger partial charge in [0.15, 0.2) is 0 Å². The lowest BCUT2D eigenvalue weighted by atomic mass is 9.84. The molecule has 1 rings (SSSR count). The Kier molecular flexibility index (Phi) is 6.53. The van der Waals surface area contributed by atoms with Crippen LogP contribution in [0, 0.1) is 0 Å². The zero-order chi connectivity index (χ0) is 15.0. The molecule has 1 aromatic rings. The van der Waals surface area contributed by atoms with Crippen LogP contribution in [0.25, 0.3) is 0 Å². The molecule has 0 aliphatic carbocycles. The smallest absolute Gasteiger partial charge is 0.244 e. The third kappa shape index (κ3) is 4.24. The van der Waals surface area contributed by atoms with Crippen molar-refractivity contribution in [3.8, 4) is 0 Å². The first-order valence-electron chi connectivity index (χ1n) is 6.95. The highest BCUT2D eigenvalue weighted by atomic mass is 35.5. The van der Waals surface area contributed by atoms with Gasteiger partial charge in [-0.25, -0.2) is 0 Å². The molecule has 0 bridgehead atoms. The third-order valence-corrected chi connectivity index (χ3v) is 3.77. The van der Waals surface area contributed by atoms with Crippen LogP contribution < -0.4 is 5.32 Å². The SMILES string of the molecule is C/C=C/C=C/C(=O)NC(CC)(CC)c1ccc(Cl)cc1. The molecule has 0 heterocycles. The summed E-state index contributed by atoms with van der Waals surface area (Å²) in [7, 11) is 0. The minimum Gasteiger partial charge on any atom is -0.343 e. The van der Waals surface area contributed by atoms with Crippen molar-refractivity contribution in [3.63, 3.8) is 0 Å². The molecule has 2 nitrogen and oxygen atoms in total. The van der Waals surface area contributed by atoms with Crippen molar-refractivity contribution in [2.24, 2.45) is 0 Å². The number of halogens is 1. The molecule has 108 valence electrons. The molecule has 0 aromatic heterocycles. The highest BCUT2D eigenvalue weighted by molar-refractivity contribution is 6.30. The fourth-order valence-corrected chi connectivity index (χ4v) is 2.33. The van der Waals surface area contributed by atoms with E-state index in [0.717, 1.165) is 18.4 Å². The van der Waals surface area contributed by atoms with E-state index in [1.807, 2.05) is 43.3 Å². The second-order valence-electron chi connectivity index (χ2n) is 4.67. The molecule has 0 saturated heterocycles. The summed E-state index contributed by atoms with van der Waals surface area (Å²) in [5.74, 6) is -0.0817. The second-order valence-corrected chi connectivity index (χ2v) is 5.11. The van der Waals surface area contributed by atoms with Crippen LogP contribution in [0.5, 0.6) is 0 Å². The van der Waals surface area contributed by atoms with Gasteiger partial charge < -0.3 is 5.32 Å². The minimum absolute atomic E-state index is 0.0817. The van der Waals surface area contributed by atoms with E-state index in [-0.39, 0.29) is 11.4 Å². The van der Waals surface area contributed by atoms with Crippen molar-refractivity contribution in [2.45, 2.75) is 39.2 Å². The van der Waals surface area contributed by atoms with Gasteiger partial charge in [-0.3, -0.25) is 4.79 Å². The van der Waals surface area contributed by atoms with Crippen molar-refractivity contribution in [1.29, 1.82) is 0 Å². The molecule has 1 N–H and O–H groups in total. The molecule has 3 heteroatoms. The maximum absolute atomic E-state index is 12.0. The van der Waals surface area contributed by atoms with Gasteiger partial charge in [0.05, 0.1) is 5.54 Å². The fraction of sp³-hybridized carbons (Fsp3) is 0.353. The van der Waals surface area contributed by atoms with E-state index >= 15 is 0 Å². The summed E-state index contributed by atoms with van der Waals surface area (Å²) < 4.78 is 0. The summed E-state index contributed by atoms with van der Waals surface area (Å²) in [6.07, 6.45) is 8.67. The van der Waals surface area contributed by atoms with Gasteiger partial charge in [0.1, 0.15) is 0 Å². The van der Waals surface area contributed by atoms with Crippen molar-refractivity contribution in [3.05, 3.63) is 59.2 Å². The summed E-state index contributed by atoms with van der Waals surface area (Å²) in [5, 5.41) is 3.82. The van der Waals surface area contributed by atoms with Crippen LogP contribution in [-0.4, -0.2) is 5.91 Å². The van der Waals surface area contributed by atoms with E-state index in [2.05, 4.69) is 19.2 Å². The van der Waals surface area contributed by atoms with Gasteiger partial charge in [0, 0.05) is 11.1 Å². The first-order valence-corrected chi connectivity index (χ1v) is 7.33.